The average molecular weight is 380 g/mol. The molecule has 1 heterocycles. The molecule has 0 saturated heterocycles. The van der Waals surface area contributed by atoms with E-state index in [0.29, 0.717) is 12.1 Å². The van der Waals surface area contributed by atoms with Crippen LogP contribution < -0.4 is 10.1 Å². The largest absolute Gasteiger partial charge is 0.497 e. The Kier molecular flexibility index (Phi) is 7.06. The number of carbonyl (C=O) groups is 1. The fourth-order valence-corrected chi connectivity index (χ4v) is 3.38. The molecule has 1 amide bonds. The van der Waals surface area contributed by atoms with Crippen LogP contribution >= 0.6 is 0 Å². The van der Waals surface area contributed by atoms with Crippen LogP contribution in [0.15, 0.2) is 48.5 Å². The first-order valence-electron chi connectivity index (χ1n) is 10.1. The summed E-state index contributed by atoms with van der Waals surface area (Å²) in [4.78, 5) is 17.1. The van der Waals surface area contributed by atoms with Gasteiger partial charge in [-0.3, -0.25) is 4.79 Å². The van der Waals surface area contributed by atoms with Crippen LogP contribution in [-0.4, -0.2) is 29.1 Å². The number of methoxy groups -OCH3 is 1. The molecular formula is C23H29N3O2. The lowest BCUT2D eigenvalue weighted by molar-refractivity contribution is 0.0953. The zero-order valence-corrected chi connectivity index (χ0v) is 16.8. The minimum Gasteiger partial charge on any atom is -0.497 e. The van der Waals surface area contributed by atoms with Crippen LogP contribution in [0.4, 0.5) is 0 Å². The molecule has 0 spiro atoms. The number of nitrogens with zero attached hydrogens (tertiary/aromatic N) is 2. The summed E-state index contributed by atoms with van der Waals surface area (Å²) in [5.41, 5.74) is 2.90. The third-order valence-electron chi connectivity index (χ3n) is 4.93. The lowest BCUT2D eigenvalue weighted by Crippen LogP contribution is -2.25. The summed E-state index contributed by atoms with van der Waals surface area (Å²) in [6.07, 6.45) is 5.31. The Hall–Kier alpha value is -2.82. The summed E-state index contributed by atoms with van der Waals surface area (Å²) in [5.74, 6) is 1.80. The quantitative estimate of drug-likeness (QED) is 0.524. The molecule has 28 heavy (non-hydrogen) atoms. The zero-order valence-electron chi connectivity index (χ0n) is 16.8. The maximum Gasteiger partial charge on any atom is 0.251 e. The molecule has 0 fully saturated rings. The van der Waals surface area contributed by atoms with Crippen molar-refractivity contribution in [3.05, 3.63) is 59.9 Å². The molecule has 0 aliphatic carbocycles. The number of benzene rings is 2. The first-order valence-corrected chi connectivity index (χ1v) is 10.1. The number of nitrogens with one attached hydrogen (secondary N) is 1. The highest BCUT2D eigenvalue weighted by atomic mass is 16.5. The highest BCUT2D eigenvalue weighted by molar-refractivity contribution is 5.94. The Morgan fingerprint density at radius 2 is 1.86 bits per heavy atom. The number of aromatic nitrogens is 2. The van der Waals surface area contributed by atoms with E-state index >= 15 is 0 Å². The number of fused-ring (bicyclic) bond motifs is 1. The fraction of sp³-hybridized carbons (Fsp3) is 0.391. The normalized spacial score (nSPS) is 10.9. The van der Waals surface area contributed by atoms with Gasteiger partial charge in [-0.15, -0.1) is 0 Å². The third-order valence-corrected chi connectivity index (χ3v) is 4.93. The summed E-state index contributed by atoms with van der Waals surface area (Å²) < 4.78 is 7.47. The molecule has 5 heteroatoms. The van der Waals surface area contributed by atoms with Gasteiger partial charge in [0.1, 0.15) is 11.6 Å². The van der Waals surface area contributed by atoms with Gasteiger partial charge in [-0.1, -0.05) is 31.9 Å². The molecule has 0 unspecified atom stereocenters. The molecule has 0 aliphatic heterocycles. The Bertz CT molecular complexity index is 900. The molecule has 0 aliphatic rings. The van der Waals surface area contributed by atoms with E-state index in [1.54, 1.807) is 31.4 Å². The predicted octanol–water partition coefficient (Wildman–Crippen LogP) is 4.60. The van der Waals surface area contributed by atoms with Gasteiger partial charge in [0.25, 0.3) is 5.91 Å². The summed E-state index contributed by atoms with van der Waals surface area (Å²) in [6, 6.07) is 15.5. The first kappa shape index (κ1) is 19.9. The highest BCUT2D eigenvalue weighted by Gasteiger charge is 2.10. The second-order valence-corrected chi connectivity index (χ2v) is 6.96. The Morgan fingerprint density at radius 1 is 1.07 bits per heavy atom. The van der Waals surface area contributed by atoms with Crippen LogP contribution in [0.2, 0.25) is 0 Å². The molecule has 0 saturated carbocycles. The number of imidazole rings is 1. The molecule has 5 nitrogen and oxygen atoms in total. The van der Waals surface area contributed by atoms with Gasteiger partial charge in [-0.25, -0.2) is 4.98 Å². The molecule has 1 N–H and O–H groups in total. The van der Waals surface area contributed by atoms with Crippen molar-refractivity contribution in [2.24, 2.45) is 0 Å². The topological polar surface area (TPSA) is 56.2 Å². The molecule has 0 atom stereocenters. The van der Waals surface area contributed by atoms with Crippen molar-refractivity contribution in [2.45, 2.75) is 45.6 Å². The Labute approximate surface area is 166 Å². The summed E-state index contributed by atoms with van der Waals surface area (Å²) >= 11 is 0. The zero-order chi connectivity index (χ0) is 19.8. The van der Waals surface area contributed by atoms with Crippen molar-refractivity contribution in [3.8, 4) is 5.75 Å². The molecule has 2 aromatic carbocycles. The van der Waals surface area contributed by atoms with Crippen molar-refractivity contribution >= 4 is 16.9 Å². The number of para-hydroxylation sites is 2. The van der Waals surface area contributed by atoms with Gasteiger partial charge in [0.05, 0.1) is 18.1 Å². The van der Waals surface area contributed by atoms with Crippen molar-refractivity contribution in [2.75, 3.05) is 13.7 Å². The molecule has 0 radical (unpaired) electrons. The lowest BCUT2D eigenvalue weighted by atomic mass is 10.2. The number of ether oxygens (including phenoxy) is 1. The van der Waals surface area contributed by atoms with Gasteiger partial charge in [-0.2, -0.15) is 0 Å². The van der Waals surface area contributed by atoms with E-state index in [9.17, 15) is 4.79 Å². The van der Waals surface area contributed by atoms with E-state index in [4.69, 9.17) is 9.72 Å². The van der Waals surface area contributed by atoms with Crippen LogP contribution in [0.3, 0.4) is 0 Å². The van der Waals surface area contributed by atoms with Gasteiger partial charge >= 0.3 is 0 Å². The number of unbranched alkanes of at least 4 members (excludes halogenated alkanes) is 2. The number of hydrogen-bond acceptors (Lipinski definition) is 3. The second-order valence-electron chi connectivity index (χ2n) is 6.96. The van der Waals surface area contributed by atoms with E-state index in [0.717, 1.165) is 42.9 Å². The van der Waals surface area contributed by atoms with Crippen molar-refractivity contribution < 1.29 is 9.53 Å². The van der Waals surface area contributed by atoms with E-state index < -0.39 is 0 Å². The molecule has 3 rings (SSSR count). The van der Waals surface area contributed by atoms with E-state index in [1.807, 2.05) is 6.07 Å². The van der Waals surface area contributed by atoms with Crippen LogP contribution in [0.5, 0.6) is 5.75 Å². The van der Waals surface area contributed by atoms with E-state index in [2.05, 4.69) is 35.0 Å². The van der Waals surface area contributed by atoms with Gasteiger partial charge < -0.3 is 14.6 Å². The van der Waals surface area contributed by atoms with Crippen molar-refractivity contribution in [1.29, 1.82) is 0 Å². The average Bonchev–Trinajstić information content (AvgIpc) is 3.09. The number of aryl methyl sites for hydroxylation is 2. The maximum atomic E-state index is 12.3. The van der Waals surface area contributed by atoms with E-state index in [-0.39, 0.29) is 5.91 Å². The Morgan fingerprint density at radius 3 is 2.61 bits per heavy atom. The maximum absolute atomic E-state index is 12.3. The van der Waals surface area contributed by atoms with Gasteiger partial charge in [0, 0.05) is 25.1 Å². The number of rotatable bonds is 10. The Balaban J connectivity index is 1.57. The summed E-state index contributed by atoms with van der Waals surface area (Å²) in [7, 11) is 1.62. The first-order chi connectivity index (χ1) is 13.7. The summed E-state index contributed by atoms with van der Waals surface area (Å²) in [6.45, 7) is 3.85. The standard InChI is InChI=1S/C23H29N3O2/c1-3-4-7-17-26-21-10-6-5-9-20(21)25-22(26)11-8-16-24-23(27)18-12-14-19(28-2)15-13-18/h5-6,9-10,12-15H,3-4,7-8,11,16-17H2,1-2H3,(H,24,27). The number of amides is 1. The lowest BCUT2D eigenvalue weighted by Gasteiger charge is -2.10. The molecule has 0 bridgehead atoms. The minimum atomic E-state index is -0.0564. The smallest absolute Gasteiger partial charge is 0.251 e. The van der Waals surface area contributed by atoms with Gasteiger partial charge in [0.2, 0.25) is 0 Å². The molecule has 148 valence electrons. The number of hydrogen-bond donors (Lipinski definition) is 1. The predicted molar refractivity (Wildman–Crippen MR) is 113 cm³/mol. The van der Waals surface area contributed by atoms with Gasteiger partial charge in [-0.05, 0) is 49.2 Å². The molecule has 3 aromatic rings. The van der Waals surface area contributed by atoms with Crippen molar-refractivity contribution in [3.63, 3.8) is 0 Å². The van der Waals surface area contributed by atoms with Crippen molar-refractivity contribution in [1.82, 2.24) is 14.9 Å². The SMILES string of the molecule is CCCCCn1c(CCCNC(=O)c2ccc(OC)cc2)nc2ccccc21. The van der Waals surface area contributed by atoms with Crippen LogP contribution in [0.25, 0.3) is 11.0 Å². The van der Waals surface area contributed by atoms with Crippen LogP contribution in [0, 0.1) is 0 Å². The van der Waals surface area contributed by atoms with Crippen LogP contribution in [-0.2, 0) is 13.0 Å². The fourth-order valence-electron chi connectivity index (χ4n) is 3.38. The highest BCUT2D eigenvalue weighted by Crippen LogP contribution is 2.18. The van der Waals surface area contributed by atoms with Gasteiger partial charge in [0.15, 0.2) is 0 Å². The minimum absolute atomic E-state index is 0.0564. The number of carbonyl (C=O) groups excluding carboxylic acids is 1. The monoisotopic (exact) mass is 379 g/mol. The third kappa shape index (κ3) is 4.91. The van der Waals surface area contributed by atoms with E-state index in [1.165, 1.54) is 18.4 Å². The molecular weight excluding hydrogens is 350 g/mol. The van der Waals surface area contributed by atoms with Crippen LogP contribution in [0.1, 0.15) is 48.8 Å². The second kappa shape index (κ2) is 9.93. The summed E-state index contributed by atoms with van der Waals surface area (Å²) in [5, 5.41) is 3.00. The molecule has 1 aromatic heterocycles.